The van der Waals surface area contributed by atoms with E-state index in [-0.39, 0.29) is 5.56 Å². The molecule has 0 aliphatic carbocycles. The lowest BCUT2D eigenvalue weighted by atomic mass is 10.1. The Kier molecular flexibility index (Phi) is 3.66. The average molecular weight is 337 g/mol. The Bertz CT molecular complexity index is 1030. The molecule has 5 nitrogen and oxygen atoms in total. The van der Waals surface area contributed by atoms with E-state index in [1.807, 2.05) is 51.8 Å². The van der Waals surface area contributed by atoms with E-state index in [0.29, 0.717) is 11.9 Å². The van der Waals surface area contributed by atoms with E-state index in [0.717, 1.165) is 28.1 Å². The van der Waals surface area contributed by atoms with E-state index in [2.05, 4.69) is 4.98 Å². The second-order valence-electron chi connectivity index (χ2n) is 5.43. The van der Waals surface area contributed by atoms with Gasteiger partial charge in [-0.25, -0.2) is 0 Å². The van der Waals surface area contributed by atoms with Gasteiger partial charge in [-0.15, -0.1) is 0 Å². The van der Waals surface area contributed by atoms with Gasteiger partial charge in [-0.05, 0) is 35.2 Å². The van der Waals surface area contributed by atoms with Gasteiger partial charge in [0.05, 0.1) is 24.6 Å². The molecule has 0 aliphatic heterocycles. The lowest BCUT2D eigenvalue weighted by Crippen LogP contribution is -2.06. The van der Waals surface area contributed by atoms with Gasteiger partial charge in [-0.3, -0.25) is 9.48 Å². The van der Waals surface area contributed by atoms with Crippen LogP contribution in [0.5, 0.6) is 5.75 Å². The number of nitrogens with one attached hydrogen (secondary N) is 1. The van der Waals surface area contributed by atoms with E-state index in [1.54, 1.807) is 24.6 Å². The maximum absolute atomic E-state index is 12.3. The van der Waals surface area contributed by atoms with Crippen LogP contribution in [0.15, 0.2) is 58.1 Å². The van der Waals surface area contributed by atoms with Crippen molar-refractivity contribution in [2.45, 2.75) is 6.54 Å². The number of hydrogen-bond donors (Lipinski definition) is 1. The molecular weight excluding hydrogens is 322 g/mol. The Morgan fingerprint density at radius 1 is 1.21 bits per heavy atom. The van der Waals surface area contributed by atoms with Gasteiger partial charge in [-0.1, -0.05) is 12.1 Å². The van der Waals surface area contributed by atoms with Crippen molar-refractivity contribution in [1.29, 1.82) is 0 Å². The van der Waals surface area contributed by atoms with Gasteiger partial charge in [0.15, 0.2) is 0 Å². The first-order chi connectivity index (χ1) is 11.8. The second kappa shape index (κ2) is 5.98. The van der Waals surface area contributed by atoms with Crippen molar-refractivity contribution in [3.8, 4) is 17.0 Å². The third-order valence-electron chi connectivity index (χ3n) is 3.96. The molecule has 6 heteroatoms. The monoisotopic (exact) mass is 337 g/mol. The van der Waals surface area contributed by atoms with E-state index in [1.165, 1.54) is 0 Å². The molecule has 0 bridgehead atoms. The number of rotatable bonds is 4. The van der Waals surface area contributed by atoms with Gasteiger partial charge in [0, 0.05) is 17.1 Å². The number of pyridine rings is 1. The summed E-state index contributed by atoms with van der Waals surface area (Å²) >= 11 is 1.59. The SMILES string of the molecule is COc1ccc(Cn2nc(-c3ccsc3)c3c(=O)[nH]ccc32)cc1. The predicted molar refractivity (Wildman–Crippen MR) is 95.8 cm³/mol. The molecule has 120 valence electrons. The largest absolute Gasteiger partial charge is 0.497 e. The Labute approximate surface area is 142 Å². The molecule has 0 unspecified atom stereocenters. The molecular formula is C18H15N3O2S. The van der Waals surface area contributed by atoms with Crippen molar-refractivity contribution in [1.82, 2.24) is 14.8 Å². The molecule has 0 saturated heterocycles. The van der Waals surface area contributed by atoms with E-state index in [4.69, 9.17) is 9.84 Å². The normalized spacial score (nSPS) is 11.0. The first kappa shape index (κ1) is 14.7. The fraction of sp³-hybridized carbons (Fsp3) is 0.111. The highest BCUT2D eigenvalue weighted by molar-refractivity contribution is 7.08. The van der Waals surface area contributed by atoms with Crippen LogP contribution in [0.3, 0.4) is 0 Å². The highest BCUT2D eigenvalue weighted by Crippen LogP contribution is 2.27. The minimum Gasteiger partial charge on any atom is -0.497 e. The average Bonchev–Trinajstić information content (AvgIpc) is 3.24. The quantitative estimate of drug-likeness (QED) is 0.620. The fourth-order valence-corrected chi connectivity index (χ4v) is 3.40. The number of hydrogen-bond acceptors (Lipinski definition) is 4. The smallest absolute Gasteiger partial charge is 0.259 e. The number of thiophene rings is 1. The third-order valence-corrected chi connectivity index (χ3v) is 4.64. The summed E-state index contributed by atoms with van der Waals surface area (Å²) in [4.78, 5) is 15.1. The van der Waals surface area contributed by atoms with E-state index >= 15 is 0 Å². The topological polar surface area (TPSA) is 59.9 Å². The van der Waals surface area contributed by atoms with Gasteiger partial charge >= 0.3 is 0 Å². The number of methoxy groups -OCH3 is 1. The van der Waals surface area contributed by atoms with Crippen LogP contribution in [0.4, 0.5) is 0 Å². The minimum atomic E-state index is -0.116. The van der Waals surface area contributed by atoms with Crippen molar-refractivity contribution in [3.05, 3.63) is 69.3 Å². The zero-order valence-electron chi connectivity index (χ0n) is 13.0. The summed E-state index contributed by atoms with van der Waals surface area (Å²) in [5, 5.41) is 9.32. The van der Waals surface area contributed by atoms with Crippen molar-refractivity contribution < 1.29 is 4.74 Å². The first-order valence-corrected chi connectivity index (χ1v) is 8.44. The molecule has 0 atom stereocenters. The molecule has 0 saturated carbocycles. The molecule has 24 heavy (non-hydrogen) atoms. The van der Waals surface area contributed by atoms with Crippen LogP contribution in [-0.4, -0.2) is 21.9 Å². The Morgan fingerprint density at radius 3 is 2.75 bits per heavy atom. The van der Waals surface area contributed by atoms with Gasteiger partial charge in [-0.2, -0.15) is 16.4 Å². The first-order valence-electron chi connectivity index (χ1n) is 7.50. The number of aromatic amines is 1. The highest BCUT2D eigenvalue weighted by atomic mass is 32.1. The highest BCUT2D eigenvalue weighted by Gasteiger charge is 2.15. The van der Waals surface area contributed by atoms with Crippen LogP contribution >= 0.6 is 11.3 Å². The number of H-pyrrole nitrogens is 1. The lowest BCUT2D eigenvalue weighted by molar-refractivity contribution is 0.414. The summed E-state index contributed by atoms with van der Waals surface area (Å²) in [5.74, 6) is 0.819. The summed E-state index contributed by atoms with van der Waals surface area (Å²) in [6, 6.07) is 11.7. The Balaban J connectivity index is 1.83. The second-order valence-corrected chi connectivity index (χ2v) is 6.21. The zero-order chi connectivity index (χ0) is 16.5. The number of ether oxygens (including phenoxy) is 1. The number of fused-ring (bicyclic) bond motifs is 1. The maximum atomic E-state index is 12.3. The summed E-state index contributed by atoms with van der Waals surface area (Å²) < 4.78 is 7.07. The molecule has 3 heterocycles. The summed E-state index contributed by atoms with van der Waals surface area (Å²) in [5.41, 5.74) is 3.50. The molecule has 3 aromatic heterocycles. The predicted octanol–water partition coefficient (Wildman–Crippen LogP) is 3.51. The number of aromatic nitrogens is 3. The molecule has 0 amide bonds. The van der Waals surface area contributed by atoms with E-state index < -0.39 is 0 Å². The van der Waals surface area contributed by atoms with Crippen LogP contribution in [0.2, 0.25) is 0 Å². The third kappa shape index (κ3) is 2.51. The standard InChI is InChI=1S/C18H15N3O2S/c1-23-14-4-2-12(3-5-14)10-21-15-6-8-19-18(22)16(15)17(20-21)13-7-9-24-11-13/h2-9,11H,10H2,1H3,(H,19,22). The van der Waals surface area contributed by atoms with Crippen molar-refractivity contribution in [2.75, 3.05) is 7.11 Å². The molecule has 1 aromatic carbocycles. The summed E-state index contributed by atoms with van der Waals surface area (Å²) in [6.45, 7) is 0.591. The molecule has 0 fully saturated rings. The van der Waals surface area contributed by atoms with Crippen LogP contribution < -0.4 is 10.3 Å². The van der Waals surface area contributed by atoms with E-state index in [9.17, 15) is 4.79 Å². The van der Waals surface area contributed by atoms with Gasteiger partial charge in [0.25, 0.3) is 5.56 Å². The Morgan fingerprint density at radius 2 is 2.04 bits per heavy atom. The van der Waals surface area contributed by atoms with Crippen LogP contribution in [0.1, 0.15) is 5.56 Å². The fourth-order valence-electron chi connectivity index (χ4n) is 2.76. The Hall–Kier alpha value is -2.86. The maximum Gasteiger partial charge on any atom is 0.259 e. The van der Waals surface area contributed by atoms with Crippen molar-refractivity contribution >= 4 is 22.2 Å². The molecule has 0 radical (unpaired) electrons. The molecule has 0 spiro atoms. The van der Waals surface area contributed by atoms with Gasteiger partial charge in [0.1, 0.15) is 11.4 Å². The molecule has 1 N–H and O–H groups in total. The van der Waals surface area contributed by atoms with Crippen LogP contribution in [0, 0.1) is 0 Å². The van der Waals surface area contributed by atoms with Crippen molar-refractivity contribution in [2.24, 2.45) is 0 Å². The lowest BCUT2D eigenvalue weighted by Gasteiger charge is -2.05. The molecule has 4 aromatic rings. The molecule has 4 rings (SSSR count). The molecule has 0 aliphatic rings. The summed E-state index contributed by atoms with van der Waals surface area (Å²) in [7, 11) is 1.65. The van der Waals surface area contributed by atoms with Crippen molar-refractivity contribution in [3.63, 3.8) is 0 Å². The van der Waals surface area contributed by atoms with Gasteiger partial charge < -0.3 is 9.72 Å². The zero-order valence-corrected chi connectivity index (χ0v) is 13.8. The minimum absolute atomic E-state index is 0.116. The van der Waals surface area contributed by atoms with Crippen LogP contribution in [0.25, 0.3) is 22.2 Å². The van der Waals surface area contributed by atoms with Crippen LogP contribution in [-0.2, 0) is 6.54 Å². The van der Waals surface area contributed by atoms with Gasteiger partial charge in [0.2, 0.25) is 0 Å². The number of benzene rings is 1. The summed E-state index contributed by atoms with van der Waals surface area (Å²) in [6.07, 6.45) is 1.66. The number of nitrogens with zero attached hydrogens (tertiary/aromatic N) is 2.